The zero-order valence-corrected chi connectivity index (χ0v) is 15.8. The van der Waals surface area contributed by atoms with Gasteiger partial charge in [0.1, 0.15) is 17.3 Å². The summed E-state index contributed by atoms with van der Waals surface area (Å²) in [6.45, 7) is 0. The summed E-state index contributed by atoms with van der Waals surface area (Å²) in [5.74, 6) is 1.30. The molecule has 0 aliphatic carbocycles. The molecule has 0 unspecified atom stereocenters. The summed E-state index contributed by atoms with van der Waals surface area (Å²) in [7, 11) is 3.14. The molecule has 3 rings (SSSR count). The van der Waals surface area contributed by atoms with Crippen LogP contribution in [-0.2, 0) is 9.53 Å². The van der Waals surface area contributed by atoms with Gasteiger partial charge in [0.25, 0.3) is 0 Å². The monoisotopic (exact) mass is 420 g/mol. The second kappa shape index (κ2) is 7.33. The fourth-order valence-corrected chi connectivity index (χ4v) is 3.06. The standard InChI is InChI=1S/C19H14BrClO4/c1-23-16-10-18(24-2)15(20)8-12(16)7-13-9-17(25-19(13)22)11-3-5-14(21)6-4-11/h3-10H,1-2H3/b13-7+. The molecular weight excluding hydrogens is 408 g/mol. The van der Waals surface area contributed by atoms with Crippen molar-refractivity contribution in [3.05, 3.63) is 68.7 Å². The third kappa shape index (κ3) is 3.72. The molecule has 0 aromatic heterocycles. The van der Waals surface area contributed by atoms with Crippen molar-refractivity contribution in [3.63, 3.8) is 0 Å². The smallest absolute Gasteiger partial charge is 0.343 e. The Labute approximate surface area is 158 Å². The van der Waals surface area contributed by atoms with Crippen molar-refractivity contribution in [3.8, 4) is 11.5 Å². The summed E-state index contributed by atoms with van der Waals surface area (Å²) in [6, 6.07) is 10.7. The number of hydrogen-bond donors (Lipinski definition) is 0. The Kier molecular flexibility index (Phi) is 5.16. The molecular formula is C19H14BrClO4. The first-order valence-electron chi connectivity index (χ1n) is 7.35. The molecule has 1 heterocycles. The number of halogens is 2. The predicted molar refractivity (Wildman–Crippen MR) is 101 cm³/mol. The number of carbonyl (C=O) groups is 1. The van der Waals surface area contributed by atoms with Gasteiger partial charge in [0.2, 0.25) is 0 Å². The summed E-state index contributed by atoms with van der Waals surface area (Å²) in [5, 5.41) is 0.622. The molecule has 4 nitrogen and oxygen atoms in total. The second-order valence-corrected chi connectivity index (χ2v) is 6.52. The molecule has 1 aliphatic rings. The minimum Gasteiger partial charge on any atom is -0.496 e. The summed E-state index contributed by atoms with van der Waals surface area (Å²) >= 11 is 9.33. The van der Waals surface area contributed by atoms with Crippen LogP contribution in [0.3, 0.4) is 0 Å². The summed E-state index contributed by atoms with van der Waals surface area (Å²) in [6.07, 6.45) is 3.41. The molecule has 0 spiro atoms. The summed E-state index contributed by atoms with van der Waals surface area (Å²) in [4.78, 5) is 12.2. The van der Waals surface area contributed by atoms with Crippen LogP contribution in [0.2, 0.25) is 5.02 Å². The molecule has 0 saturated carbocycles. The Bertz CT molecular complexity index is 885. The van der Waals surface area contributed by atoms with Gasteiger partial charge in [-0.15, -0.1) is 0 Å². The Morgan fingerprint density at radius 1 is 1.08 bits per heavy atom. The van der Waals surface area contributed by atoms with Crippen LogP contribution < -0.4 is 9.47 Å². The lowest BCUT2D eigenvalue weighted by atomic mass is 10.1. The third-order valence-corrected chi connectivity index (χ3v) is 4.54. The van der Waals surface area contributed by atoms with E-state index in [0.29, 0.717) is 27.9 Å². The van der Waals surface area contributed by atoms with Gasteiger partial charge in [-0.2, -0.15) is 0 Å². The highest BCUT2D eigenvalue weighted by atomic mass is 79.9. The molecule has 0 fully saturated rings. The molecule has 1 aliphatic heterocycles. The molecule has 0 radical (unpaired) electrons. The average molecular weight is 422 g/mol. The topological polar surface area (TPSA) is 44.8 Å². The largest absolute Gasteiger partial charge is 0.496 e. The van der Waals surface area contributed by atoms with Crippen molar-refractivity contribution >= 4 is 45.3 Å². The van der Waals surface area contributed by atoms with E-state index in [2.05, 4.69) is 15.9 Å². The van der Waals surface area contributed by atoms with Crippen molar-refractivity contribution in [2.45, 2.75) is 0 Å². The van der Waals surface area contributed by atoms with Gasteiger partial charge >= 0.3 is 5.97 Å². The Balaban J connectivity index is 1.99. The highest BCUT2D eigenvalue weighted by molar-refractivity contribution is 9.10. The van der Waals surface area contributed by atoms with Crippen LogP contribution in [0.5, 0.6) is 11.5 Å². The first-order valence-corrected chi connectivity index (χ1v) is 8.52. The number of rotatable bonds is 4. The van der Waals surface area contributed by atoms with Crippen LogP contribution in [0.1, 0.15) is 11.1 Å². The number of methoxy groups -OCH3 is 2. The molecule has 0 N–H and O–H groups in total. The summed E-state index contributed by atoms with van der Waals surface area (Å²) in [5.41, 5.74) is 1.94. The normalized spacial score (nSPS) is 15.1. The van der Waals surface area contributed by atoms with E-state index in [9.17, 15) is 4.79 Å². The van der Waals surface area contributed by atoms with Crippen LogP contribution in [0.4, 0.5) is 0 Å². The van der Waals surface area contributed by atoms with Crippen molar-refractivity contribution in [2.75, 3.05) is 14.2 Å². The number of benzene rings is 2. The molecule has 0 atom stereocenters. The van der Waals surface area contributed by atoms with Gasteiger partial charge in [0, 0.05) is 22.2 Å². The first-order chi connectivity index (χ1) is 12.0. The van der Waals surface area contributed by atoms with Gasteiger partial charge in [-0.1, -0.05) is 11.6 Å². The minimum atomic E-state index is -0.418. The van der Waals surface area contributed by atoms with Gasteiger partial charge in [-0.3, -0.25) is 0 Å². The minimum absolute atomic E-state index is 0.418. The predicted octanol–water partition coefficient (Wildman–Crippen LogP) is 5.10. The van der Waals surface area contributed by atoms with Crippen molar-refractivity contribution in [1.29, 1.82) is 0 Å². The van der Waals surface area contributed by atoms with Crippen LogP contribution in [0.15, 0.2) is 52.5 Å². The zero-order valence-electron chi connectivity index (χ0n) is 13.5. The van der Waals surface area contributed by atoms with Crippen LogP contribution in [-0.4, -0.2) is 20.2 Å². The molecule has 0 saturated heterocycles. The van der Waals surface area contributed by atoms with Gasteiger partial charge in [-0.05, 0) is 58.4 Å². The number of carbonyl (C=O) groups excluding carboxylic acids is 1. The van der Waals surface area contributed by atoms with Gasteiger partial charge in [0.15, 0.2) is 0 Å². The highest BCUT2D eigenvalue weighted by Gasteiger charge is 2.22. The van der Waals surface area contributed by atoms with Crippen LogP contribution in [0.25, 0.3) is 11.8 Å². The first kappa shape index (κ1) is 17.6. The van der Waals surface area contributed by atoms with Gasteiger partial charge in [0.05, 0.1) is 24.3 Å². The number of hydrogen-bond acceptors (Lipinski definition) is 4. The van der Waals surface area contributed by atoms with Crippen molar-refractivity contribution in [1.82, 2.24) is 0 Å². The van der Waals surface area contributed by atoms with Crippen LogP contribution in [0, 0.1) is 0 Å². The maximum absolute atomic E-state index is 12.2. The SMILES string of the molecule is COc1cc(OC)c(/C=C2\C=C(c3ccc(Cl)cc3)OC2=O)cc1Br. The van der Waals surface area contributed by atoms with Gasteiger partial charge < -0.3 is 14.2 Å². The van der Waals surface area contributed by atoms with Crippen molar-refractivity contribution in [2.24, 2.45) is 0 Å². The lowest BCUT2D eigenvalue weighted by Crippen LogP contribution is -1.98. The molecule has 128 valence electrons. The van der Waals surface area contributed by atoms with E-state index in [4.69, 9.17) is 25.8 Å². The quantitative estimate of drug-likeness (QED) is 0.509. The van der Waals surface area contributed by atoms with Gasteiger partial charge in [-0.25, -0.2) is 4.79 Å². The number of ether oxygens (including phenoxy) is 3. The van der Waals surface area contributed by atoms with E-state index < -0.39 is 5.97 Å². The fourth-order valence-electron chi connectivity index (χ4n) is 2.41. The van der Waals surface area contributed by atoms with E-state index in [-0.39, 0.29) is 0 Å². The van der Waals surface area contributed by atoms with E-state index >= 15 is 0 Å². The maximum atomic E-state index is 12.2. The maximum Gasteiger partial charge on any atom is 0.343 e. The van der Waals surface area contributed by atoms with E-state index in [1.807, 2.05) is 6.07 Å². The number of cyclic esters (lactones) is 1. The molecule has 2 aromatic rings. The zero-order chi connectivity index (χ0) is 18.0. The third-order valence-electron chi connectivity index (χ3n) is 3.67. The van der Waals surface area contributed by atoms with E-state index in [1.54, 1.807) is 56.7 Å². The molecule has 25 heavy (non-hydrogen) atoms. The average Bonchev–Trinajstić information content (AvgIpc) is 2.96. The molecule has 6 heteroatoms. The van der Waals surface area contributed by atoms with Crippen molar-refractivity contribution < 1.29 is 19.0 Å². The van der Waals surface area contributed by atoms with Crippen LogP contribution >= 0.6 is 27.5 Å². The van der Waals surface area contributed by atoms with E-state index in [0.717, 1.165) is 15.6 Å². The fraction of sp³-hybridized carbons (Fsp3) is 0.105. The van der Waals surface area contributed by atoms with E-state index in [1.165, 1.54) is 0 Å². The molecule has 0 amide bonds. The second-order valence-electron chi connectivity index (χ2n) is 5.23. The lowest BCUT2D eigenvalue weighted by molar-refractivity contribution is -0.130. The number of esters is 1. The Morgan fingerprint density at radius 3 is 2.40 bits per heavy atom. The molecule has 2 aromatic carbocycles. The summed E-state index contributed by atoms with van der Waals surface area (Å²) < 4.78 is 16.8. The Hall–Kier alpha value is -2.24. The highest BCUT2D eigenvalue weighted by Crippen LogP contribution is 2.35. The lowest BCUT2D eigenvalue weighted by Gasteiger charge is -2.10. The molecule has 0 bridgehead atoms. The Morgan fingerprint density at radius 2 is 1.76 bits per heavy atom.